The number of rotatable bonds is 1. The van der Waals surface area contributed by atoms with Gasteiger partial charge in [-0.1, -0.05) is 0 Å². The molecule has 1 rings (SSSR count). The second-order valence-electron chi connectivity index (χ2n) is 2.43. The van der Waals surface area contributed by atoms with Crippen molar-refractivity contribution in [1.82, 2.24) is 0 Å². The molecular weight excluding hydrogens is 244 g/mol. The smallest absolute Gasteiger partial charge is 0.221 e. The van der Waals surface area contributed by atoms with Crippen LogP contribution in [0.15, 0.2) is 16.6 Å². The summed E-state index contributed by atoms with van der Waals surface area (Å²) < 4.78 is 25.8. The lowest BCUT2D eigenvalue weighted by Crippen LogP contribution is -2.08. The van der Waals surface area contributed by atoms with Crippen molar-refractivity contribution < 1.29 is 13.6 Å². The number of anilines is 1. The van der Waals surface area contributed by atoms with E-state index in [2.05, 4.69) is 21.2 Å². The van der Waals surface area contributed by atoms with Crippen LogP contribution in [0.4, 0.5) is 14.5 Å². The third kappa shape index (κ3) is 2.48. The van der Waals surface area contributed by atoms with E-state index in [1.165, 1.54) is 6.92 Å². The van der Waals surface area contributed by atoms with E-state index < -0.39 is 17.5 Å². The van der Waals surface area contributed by atoms with E-state index in [0.717, 1.165) is 12.1 Å². The van der Waals surface area contributed by atoms with Crippen molar-refractivity contribution >= 4 is 27.5 Å². The molecule has 1 N–H and O–H groups in total. The molecule has 0 aromatic heterocycles. The van der Waals surface area contributed by atoms with Gasteiger partial charge in [0.1, 0.15) is 5.82 Å². The van der Waals surface area contributed by atoms with E-state index in [4.69, 9.17) is 0 Å². The van der Waals surface area contributed by atoms with Gasteiger partial charge in [0.2, 0.25) is 5.91 Å². The Kier molecular flexibility index (Phi) is 2.98. The standard InChI is InChI=1S/C8H6BrF2NO/c1-4(13)12-7-3-5(10)2-6(9)8(7)11/h2-3H,1H3,(H,12,13). The normalized spacial score (nSPS) is 9.85. The highest BCUT2D eigenvalue weighted by Gasteiger charge is 2.09. The molecule has 0 heterocycles. The Balaban J connectivity index is 3.12. The van der Waals surface area contributed by atoms with Crippen LogP contribution in [0.5, 0.6) is 0 Å². The summed E-state index contributed by atoms with van der Waals surface area (Å²) >= 11 is 2.82. The van der Waals surface area contributed by atoms with Gasteiger partial charge in [0, 0.05) is 13.0 Å². The zero-order chi connectivity index (χ0) is 10.0. The maximum atomic E-state index is 13.1. The number of hydrogen-bond donors (Lipinski definition) is 1. The molecule has 0 radical (unpaired) electrons. The molecule has 0 aliphatic rings. The Morgan fingerprint density at radius 1 is 1.46 bits per heavy atom. The fraction of sp³-hybridized carbons (Fsp3) is 0.125. The third-order valence-electron chi connectivity index (χ3n) is 1.30. The zero-order valence-electron chi connectivity index (χ0n) is 6.70. The molecule has 1 aromatic carbocycles. The minimum atomic E-state index is -0.684. The predicted octanol–water partition coefficient (Wildman–Crippen LogP) is 2.69. The average molecular weight is 250 g/mol. The van der Waals surface area contributed by atoms with Crippen LogP contribution >= 0.6 is 15.9 Å². The Labute approximate surface area is 82.1 Å². The Hall–Kier alpha value is -0.970. The molecule has 70 valence electrons. The summed E-state index contributed by atoms with van der Waals surface area (Å²) in [6.45, 7) is 1.22. The van der Waals surface area contributed by atoms with Gasteiger partial charge < -0.3 is 5.32 Å². The molecule has 0 aliphatic heterocycles. The summed E-state index contributed by atoms with van der Waals surface area (Å²) in [6.07, 6.45) is 0. The number of carbonyl (C=O) groups is 1. The van der Waals surface area contributed by atoms with Gasteiger partial charge in [-0.3, -0.25) is 4.79 Å². The molecule has 0 aliphatic carbocycles. The maximum Gasteiger partial charge on any atom is 0.221 e. The van der Waals surface area contributed by atoms with Crippen LogP contribution in [-0.2, 0) is 4.79 Å². The maximum absolute atomic E-state index is 13.1. The van der Waals surface area contributed by atoms with E-state index in [1.54, 1.807) is 0 Å². The SMILES string of the molecule is CC(=O)Nc1cc(F)cc(Br)c1F. The second-order valence-corrected chi connectivity index (χ2v) is 3.28. The van der Waals surface area contributed by atoms with Crippen molar-refractivity contribution in [2.75, 3.05) is 5.32 Å². The summed E-state index contributed by atoms with van der Waals surface area (Å²) in [5, 5.41) is 2.17. The Bertz CT molecular complexity index is 354. The number of benzene rings is 1. The fourth-order valence-corrected chi connectivity index (χ4v) is 1.27. The van der Waals surface area contributed by atoms with Gasteiger partial charge >= 0.3 is 0 Å². The lowest BCUT2D eigenvalue weighted by molar-refractivity contribution is -0.114. The molecule has 0 spiro atoms. The molecule has 2 nitrogen and oxygen atoms in total. The van der Waals surface area contributed by atoms with Gasteiger partial charge in [-0.15, -0.1) is 0 Å². The molecule has 0 fully saturated rings. The zero-order valence-corrected chi connectivity index (χ0v) is 8.28. The molecule has 0 saturated carbocycles. The first-order valence-corrected chi connectivity index (χ1v) is 4.22. The van der Waals surface area contributed by atoms with Gasteiger partial charge in [-0.25, -0.2) is 8.78 Å². The average Bonchev–Trinajstić information content (AvgIpc) is 1.98. The first kappa shape index (κ1) is 10.1. The highest BCUT2D eigenvalue weighted by molar-refractivity contribution is 9.10. The number of nitrogens with one attached hydrogen (secondary N) is 1. The van der Waals surface area contributed by atoms with E-state index in [9.17, 15) is 13.6 Å². The molecule has 0 atom stereocenters. The first-order chi connectivity index (χ1) is 6.00. The topological polar surface area (TPSA) is 29.1 Å². The summed E-state index contributed by atoms with van der Waals surface area (Å²) in [7, 11) is 0. The predicted molar refractivity (Wildman–Crippen MR) is 48.4 cm³/mol. The summed E-state index contributed by atoms with van der Waals surface area (Å²) in [5.41, 5.74) is -0.167. The van der Waals surface area contributed by atoms with Crippen molar-refractivity contribution in [3.63, 3.8) is 0 Å². The van der Waals surface area contributed by atoms with Gasteiger partial charge in [-0.05, 0) is 22.0 Å². The van der Waals surface area contributed by atoms with Crippen molar-refractivity contribution in [2.24, 2.45) is 0 Å². The number of carbonyl (C=O) groups excluding carboxylic acids is 1. The molecule has 1 aromatic rings. The monoisotopic (exact) mass is 249 g/mol. The van der Waals surface area contributed by atoms with Crippen molar-refractivity contribution in [3.8, 4) is 0 Å². The first-order valence-electron chi connectivity index (χ1n) is 3.43. The molecule has 1 amide bonds. The molecule has 5 heteroatoms. The number of amides is 1. The van der Waals surface area contributed by atoms with E-state index in [-0.39, 0.29) is 10.2 Å². The van der Waals surface area contributed by atoms with Crippen molar-refractivity contribution in [2.45, 2.75) is 6.92 Å². The van der Waals surface area contributed by atoms with Crippen LogP contribution in [0.3, 0.4) is 0 Å². The minimum absolute atomic E-state index is 0.0174. The van der Waals surface area contributed by atoms with Gasteiger partial charge in [0.15, 0.2) is 5.82 Å². The Morgan fingerprint density at radius 3 is 2.62 bits per heavy atom. The molecular formula is C8H6BrF2NO. The summed E-state index contributed by atoms with van der Waals surface area (Å²) in [6, 6.07) is 1.90. The number of hydrogen-bond acceptors (Lipinski definition) is 1. The highest BCUT2D eigenvalue weighted by atomic mass is 79.9. The van der Waals surface area contributed by atoms with Gasteiger partial charge in [-0.2, -0.15) is 0 Å². The van der Waals surface area contributed by atoms with Crippen LogP contribution in [-0.4, -0.2) is 5.91 Å². The van der Waals surface area contributed by atoms with E-state index in [1.807, 2.05) is 0 Å². The summed E-state index contributed by atoms with van der Waals surface area (Å²) in [5.74, 6) is -1.75. The molecule has 0 saturated heterocycles. The van der Waals surface area contributed by atoms with Gasteiger partial charge in [0.25, 0.3) is 0 Å². The quantitative estimate of drug-likeness (QED) is 0.763. The van der Waals surface area contributed by atoms with E-state index in [0.29, 0.717) is 0 Å². The van der Waals surface area contributed by atoms with Crippen LogP contribution in [0, 0.1) is 11.6 Å². The lowest BCUT2D eigenvalue weighted by Gasteiger charge is -2.04. The van der Waals surface area contributed by atoms with Crippen LogP contribution in [0.1, 0.15) is 6.92 Å². The third-order valence-corrected chi connectivity index (χ3v) is 1.88. The largest absolute Gasteiger partial charge is 0.324 e. The van der Waals surface area contributed by atoms with Gasteiger partial charge in [0.05, 0.1) is 10.2 Å². The van der Waals surface area contributed by atoms with Crippen molar-refractivity contribution in [1.29, 1.82) is 0 Å². The highest BCUT2D eigenvalue weighted by Crippen LogP contribution is 2.24. The van der Waals surface area contributed by atoms with Crippen LogP contribution in [0.25, 0.3) is 0 Å². The molecule has 0 bridgehead atoms. The minimum Gasteiger partial charge on any atom is -0.324 e. The fourth-order valence-electron chi connectivity index (χ4n) is 0.837. The summed E-state index contributed by atoms with van der Waals surface area (Å²) in [4.78, 5) is 10.6. The van der Waals surface area contributed by atoms with Crippen LogP contribution in [0.2, 0.25) is 0 Å². The molecule has 0 unspecified atom stereocenters. The Morgan fingerprint density at radius 2 is 2.08 bits per heavy atom. The van der Waals surface area contributed by atoms with Crippen molar-refractivity contribution in [3.05, 3.63) is 28.2 Å². The number of halogens is 3. The molecule has 13 heavy (non-hydrogen) atoms. The van der Waals surface area contributed by atoms with E-state index >= 15 is 0 Å². The lowest BCUT2D eigenvalue weighted by atomic mass is 10.3. The van der Waals surface area contributed by atoms with Crippen LogP contribution < -0.4 is 5.32 Å². The second kappa shape index (κ2) is 3.83.